The number of benzene rings is 4. The number of likely N-dealkylation sites (tertiary alicyclic amines) is 2. The third kappa shape index (κ3) is 6.80. The van der Waals surface area contributed by atoms with E-state index in [0.29, 0.717) is 35.5 Å². The van der Waals surface area contributed by atoms with E-state index in [-0.39, 0.29) is 12.3 Å². The molecule has 7 rings (SSSR count). The molecule has 0 radical (unpaired) electrons. The molecule has 2 saturated heterocycles. The lowest BCUT2D eigenvalue weighted by Gasteiger charge is -2.22. The number of alkyl halides is 2. The average Bonchev–Trinajstić information content (AvgIpc) is 3.84. The van der Waals surface area contributed by atoms with Gasteiger partial charge in [0.25, 0.3) is 0 Å². The molecule has 0 bridgehead atoms. The highest BCUT2D eigenvalue weighted by atomic mass is 35.5. The highest BCUT2D eigenvalue weighted by Crippen LogP contribution is 2.39. The van der Waals surface area contributed by atoms with E-state index in [1.54, 1.807) is 11.0 Å². The van der Waals surface area contributed by atoms with Crippen LogP contribution in [0.25, 0.3) is 44.8 Å². The van der Waals surface area contributed by atoms with Crippen molar-refractivity contribution in [3.63, 3.8) is 0 Å². The van der Waals surface area contributed by atoms with Gasteiger partial charge < -0.3 is 14.3 Å². The van der Waals surface area contributed by atoms with Gasteiger partial charge >= 0.3 is 12.6 Å². The first-order valence-electron chi connectivity index (χ1n) is 16.7. The number of aromatic nitrogens is 1. The molecular formula is C39H38ClF2N3O4. The Morgan fingerprint density at radius 3 is 2.31 bits per heavy atom. The Hall–Kier alpha value is -4.31. The zero-order valence-electron chi connectivity index (χ0n) is 27.5. The number of carboxylic acids is 1. The molecule has 49 heavy (non-hydrogen) atoms. The van der Waals surface area contributed by atoms with E-state index >= 15 is 0 Å². The molecule has 2 aliphatic rings. The Labute approximate surface area is 289 Å². The normalized spacial score (nSPS) is 17.1. The number of rotatable bonds is 10. The van der Waals surface area contributed by atoms with Crippen LogP contribution >= 0.6 is 11.6 Å². The standard InChI is InChI=1S/C39H38ClF2N3O4/c1-23-28(25-13-14-26(32(40)18-25)21-44-15-3-4-16-44)8-5-9-29(23)30-10-6-11-31(24(30)2)37-43-33-19-27(22-45-17-7-12-34(45)38(46)47)35(49-39(41)42)20-36(33)48-37/h5-6,8-11,13-14,18-20,34,39H,3-4,7,12,15-17,21-22H2,1-2H3,(H,46,47)/t34-/m0/s1. The number of hydrogen-bond donors (Lipinski definition) is 1. The van der Waals surface area contributed by atoms with Crippen molar-refractivity contribution < 1.29 is 27.8 Å². The number of oxazole rings is 1. The van der Waals surface area contributed by atoms with Crippen molar-refractivity contribution in [2.24, 2.45) is 0 Å². The highest BCUT2D eigenvalue weighted by Gasteiger charge is 2.31. The van der Waals surface area contributed by atoms with Crippen LogP contribution in [0.2, 0.25) is 5.02 Å². The average molecular weight is 686 g/mol. The van der Waals surface area contributed by atoms with Crippen molar-refractivity contribution in [3.8, 4) is 39.5 Å². The van der Waals surface area contributed by atoms with Gasteiger partial charge in [-0.1, -0.05) is 54.1 Å². The third-order valence-electron chi connectivity index (χ3n) is 9.95. The molecule has 0 saturated carbocycles. The minimum Gasteiger partial charge on any atom is -0.480 e. The molecule has 1 atom stereocenters. The number of halogens is 3. The molecule has 7 nitrogen and oxygen atoms in total. The smallest absolute Gasteiger partial charge is 0.387 e. The van der Waals surface area contributed by atoms with Crippen molar-refractivity contribution in [1.29, 1.82) is 0 Å². The van der Waals surface area contributed by atoms with Crippen molar-refractivity contribution in [3.05, 3.63) is 94.0 Å². The predicted molar refractivity (Wildman–Crippen MR) is 187 cm³/mol. The Bertz CT molecular complexity index is 2020. The number of hydrogen-bond acceptors (Lipinski definition) is 6. The Balaban J connectivity index is 1.21. The maximum Gasteiger partial charge on any atom is 0.387 e. The lowest BCUT2D eigenvalue weighted by atomic mass is 9.89. The van der Waals surface area contributed by atoms with E-state index in [4.69, 9.17) is 25.7 Å². The summed E-state index contributed by atoms with van der Waals surface area (Å²) in [6, 6.07) is 21.0. The van der Waals surface area contributed by atoms with Crippen LogP contribution in [-0.4, -0.2) is 58.1 Å². The van der Waals surface area contributed by atoms with Gasteiger partial charge in [0.1, 0.15) is 17.3 Å². The van der Waals surface area contributed by atoms with E-state index in [9.17, 15) is 18.7 Å². The summed E-state index contributed by atoms with van der Waals surface area (Å²) < 4.78 is 37.9. The van der Waals surface area contributed by atoms with Crippen LogP contribution in [0.3, 0.4) is 0 Å². The van der Waals surface area contributed by atoms with Gasteiger partial charge in [-0.3, -0.25) is 14.6 Å². The summed E-state index contributed by atoms with van der Waals surface area (Å²) in [4.78, 5) is 20.7. The summed E-state index contributed by atoms with van der Waals surface area (Å²) in [6.45, 7) is 4.88. The van der Waals surface area contributed by atoms with Crippen LogP contribution in [0.4, 0.5) is 8.78 Å². The molecule has 0 spiro atoms. The molecule has 3 heterocycles. The molecule has 5 aromatic rings. The van der Waals surface area contributed by atoms with E-state index in [1.165, 1.54) is 18.9 Å². The second kappa shape index (κ2) is 13.9. The Kier molecular flexibility index (Phi) is 9.42. The van der Waals surface area contributed by atoms with Crippen LogP contribution in [-0.2, 0) is 17.9 Å². The molecule has 2 fully saturated rings. The summed E-state index contributed by atoms with van der Waals surface area (Å²) in [6.07, 6.45) is 3.70. The van der Waals surface area contributed by atoms with Gasteiger partial charge in [0.2, 0.25) is 5.89 Å². The zero-order chi connectivity index (χ0) is 34.2. The first-order valence-corrected chi connectivity index (χ1v) is 17.1. The van der Waals surface area contributed by atoms with Crippen LogP contribution in [0.15, 0.2) is 71.1 Å². The van der Waals surface area contributed by atoms with Gasteiger partial charge in [0.15, 0.2) is 5.58 Å². The molecule has 0 unspecified atom stereocenters. The quantitative estimate of drug-likeness (QED) is 0.157. The molecular weight excluding hydrogens is 648 g/mol. The van der Waals surface area contributed by atoms with Crippen molar-refractivity contribution in [2.45, 2.75) is 65.3 Å². The molecule has 2 aliphatic heterocycles. The van der Waals surface area contributed by atoms with Crippen molar-refractivity contribution in [2.75, 3.05) is 19.6 Å². The summed E-state index contributed by atoms with van der Waals surface area (Å²) >= 11 is 6.80. The molecule has 0 aliphatic carbocycles. The van der Waals surface area contributed by atoms with Crippen molar-refractivity contribution >= 4 is 28.7 Å². The highest BCUT2D eigenvalue weighted by molar-refractivity contribution is 6.31. The lowest BCUT2D eigenvalue weighted by molar-refractivity contribution is -0.142. The number of aliphatic carboxylic acids is 1. The van der Waals surface area contributed by atoms with Gasteiger partial charge in [0.05, 0.1) is 0 Å². The first kappa shape index (κ1) is 33.2. The largest absolute Gasteiger partial charge is 0.480 e. The summed E-state index contributed by atoms with van der Waals surface area (Å²) in [7, 11) is 0. The fourth-order valence-electron chi connectivity index (χ4n) is 7.38. The molecule has 10 heteroatoms. The monoisotopic (exact) mass is 685 g/mol. The van der Waals surface area contributed by atoms with Crippen molar-refractivity contribution in [1.82, 2.24) is 14.8 Å². The summed E-state index contributed by atoms with van der Waals surface area (Å²) in [5.41, 5.74) is 9.45. The minimum atomic E-state index is -3.05. The van der Waals surface area contributed by atoms with E-state index < -0.39 is 18.6 Å². The minimum absolute atomic E-state index is 0.0525. The fraction of sp³-hybridized carbons (Fsp3) is 0.333. The number of carbonyl (C=O) groups is 1. The molecule has 1 N–H and O–H groups in total. The number of fused-ring (bicyclic) bond motifs is 1. The maximum absolute atomic E-state index is 13.4. The predicted octanol–water partition coefficient (Wildman–Crippen LogP) is 9.35. The van der Waals surface area contributed by atoms with Crippen LogP contribution in [0.1, 0.15) is 47.9 Å². The third-order valence-corrected chi connectivity index (χ3v) is 10.3. The summed E-state index contributed by atoms with van der Waals surface area (Å²) in [5, 5.41) is 10.4. The van der Waals surface area contributed by atoms with Gasteiger partial charge in [-0.05, 0) is 116 Å². The fourth-order valence-corrected chi connectivity index (χ4v) is 7.62. The van der Waals surface area contributed by atoms with Crippen LogP contribution in [0.5, 0.6) is 5.75 Å². The molecule has 254 valence electrons. The van der Waals surface area contributed by atoms with Gasteiger partial charge in [-0.2, -0.15) is 8.78 Å². The second-order valence-electron chi connectivity index (χ2n) is 13.0. The topological polar surface area (TPSA) is 79.0 Å². The SMILES string of the molecule is Cc1c(-c2ccc(CN3CCCC3)c(Cl)c2)cccc1-c1cccc(-c2nc3cc(CN4CCC[C@H]4C(=O)O)c(OC(F)F)cc3o2)c1C. The van der Waals surface area contributed by atoms with Crippen LogP contribution in [0, 0.1) is 13.8 Å². The van der Waals surface area contributed by atoms with Gasteiger partial charge in [0, 0.05) is 35.3 Å². The van der Waals surface area contributed by atoms with E-state index in [2.05, 4.69) is 54.3 Å². The number of ether oxygens (including phenoxy) is 1. The molecule has 1 aromatic heterocycles. The summed E-state index contributed by atoms with van der Waals surface area (Å²) in [5.74, 6) is -0.624. The first-order chi connectivity index (χ1) is 23.7. The van der Waals surface area contributed by atoms with Gasteiger partial charge in [-0.15, -0.1) is 0 Å². The lowest BCUT2D eigenvalue weighted by Crippen LogP contribution is -2.35. The van der Waals surface area contributed by atoms with E-state index in [0.717, 1.165) is 75.6 Å². The maximum atomic E-state index is 13.4. The number of carboxylic acid groups (broad SMARTS) is 1. The molecule has 0 amide bonds. The zero-order valence-corrected chi connectivity index (χ0v) is 28.3. The Morgan fingerprint density at radius 1 is 0.918 bits per heavy atom. The van der Waals surface area contributed by atoms with E-state index in [1.807, 2.05) is 19.1 Å². The van der Waals surface area contributed by atoms with Gasteiger partial charge in [-0.25, -0.2) is 4.98 Å². The second-order valence-corrected chi connectivity index (χ2v) is 13.4. The number of nitrogens with zero attached hydrogens (tertiary/aromatic N) is 3. The van der Waals surface area contributed by atoms with Crippen LogP contribution < -0.4 is 4.74 Å². The molecule has 4 aromatic carbocycles. The Morgan fingerprint density at radius 2 is 1.61 bits per heavy atom.